The molecule has 1 fully saturated rings. The van der Waals surface area contributed by atoms with E-state index in [4.69, 9.17) is 14.1 Å². The molecule has 1 aliphatic rings. The van der Waals surface area contributed by atoms with Gasteiger partial charge in [0.05, 0.1) is 32.1 Å². The van der Waals surface area contributed by atoms with Gasteiger partial charge in [-0.15, -0.1) is 0 Å². The van der Waals surface area contributed by atoms with Crippen LogP contribution >= 0.6 is 0 Å². The summed E-state index contributed by atoms with van der Waals surface area (Å²) in [6, 6.07) is 9.92. The number of ether oxygens (including phenoxy) is 1. The van der Waals surface area contributed by atoms with Gasteiger partial charge in [-0.05, 0) is 36.8 Å². The molecule has 1 unspecified atom stereocenters. The standard InChI is InChI=1S/C22H30FN5O3/c1-2-24-22(26-10-9-25-21(29)20-4-3-13-31-20)27-16-19(28-11-14-30-15-12-28)17-5-7-18(23)8-6-17/h3-8,13,19H,2,9-12,14-16H2,1H3,(H,25,29)(H2,24,26,27). The summed E-state index contributed by atoms with van der Waals surface area (Å²) in [6.07, 6.45) is 1.47. The molecule has 1 aromatic carbocycles. The monoisotopic (exact) mass is 431 g/mol. The number of guanidine groups is 1. The van der Waals surface area contributed by atoms with E-state index in [9.17, 15) is 9.18 Å². The summed E-state index contributed by atoms with van der Waals surface area (Å²) in [7, 11) is 0. The van der Waals surface area contributed by atoms with Crippen molar-refractivity contribution in [1.29, 1.82) is 0 Å². The Labute approximate surface area is 181 Å². The molecule has 1 aliphatic heterocycles. The van der Waals surface area contributed by atoms with Crippen LogP contribution in [0.4, 0.5) is 4.39 Å². The fourth-order valence-corrected chi connectivity index (χ4v) is 3.38. The number of halogens is 1. The number of benzene rings is 1. The molecule has 0 spiro atoms. The first-order valence-corrected chi connectivity index (χ1v) is 10.6. The number of morpholine rings is 1. The van der Waals surface area contributed by atoms with E-state index < -0.39 is 0 Å². The molecule has 9 heteroatoms. The first-order valence-electron chi connectivity index (χ1n) is 10.6. The maximum absolute atomic E-state index is 13.4. The first kappa shape index (κ1) is 22.8. The van der Waals surface area contributed by atoms with E-state index in [1.54, 1.807) is 12.1 Å². The van der Waals surface area contributed by atoms with E-state index in [2.05, 4.69) is 20.9 Å². The quantitative estimate of drug-likeness (QED) is 0.319. The molecule has 3 rings (SSSR count). The zero-order chi connectivity index (χ0) is 21.9. The van der Waals surface area contributed by atoms with Gasteiger partial charge in [0.15, 0.2) is 11.7 Å². The summed E-state index contributed by atoms with van der Waals surface area (Å²) < 4.78 is 24.0. The van der Waals surface area contributed by atoms with Gasteiger partial charge in [-0.1, -0.05) is 12.1 Å². The highest BCUT2D eigenvalue weighted by Gasteiger charge is 2.22. The number of amides is 1. The van der Waals surface area contributed by atoms with E-state index in [0.29, 0.717) is 45.4 Å². The molecule has 31 heavy (non-hydrogen) atoms. The third-order valence-corrected chi connectivity index (χ3v) is 4.96. The minimum absolute atomic E-state index is 0.0265. The lowest BCUT2D eigenvalue weighted by molar-refractivity contribution is 0.0179. The molecule has 0 aliphatic carbocycles. The molecule has 8 nitrogen and oxygen atoms in total. The van der Waals surface area contributed by atoms with Crippen LogP contribution in [0.5, 0.6) is 0 Å². The molecule has 1 atom stereocenters. The molecule has 1 saturated heterocycles. The van der Waals surface area contributed by atoms with Gasteiger partial charge in [0.2, 0.25) is 0 Å². The van der Waals surface area contributed by atoms with Crippen molar-refractivity contribution in [3.63, 3.8) is 0 Å². The largest absolute Gasteiger partial charge is 0.459 e. The smallest absolute Gasteiger partial charge is 0.287 e. The molecule has 2 heterocycles. The van der Waals surface area contributed by atoms with Crippen molar-refractivity contribution in [3.8, 4) is 0 Å². The van der Waals surface area contributed by atoms with Gasteiger partial charge in [-0.3, -0.25) is 14.7 Å². The first-order chi connectivity index (χ1) is 15.2. The number of rotatable bonds is 9. The highest BCUT2D eigenvalue weighted by Crippen LogP contribution is 2.22. The zero-order valence-corrected chi connectivity index (χ0v) is 17.8. The second-order valence-electron chi connectivity index (χ2n) is 7.10. The molecule has 2 aromatic rings. The minimum atomic E-state index is -0.252. The van der Waals surface area contributed by atoms with E-state index in [-0.39, 0.29) is 23.5 Å². The number of carbonyl (C=O) groups is 1. The van der Waals surface area contributed by atoms with Gasteiger partial charge >= 0.3 is 0 Å². The van der Waals surface area contributed by atoms with Gasteiger partial charge in [-0.2, -0.15) is 0 Å². The van der Waals surface area contributed by atoms with Crippen LogP contribution in [-0.4, -0.2) is 69.2 Å². The van der Waals surface area contributed by atoms with Crippen LogP contribution in [-0.2, 0) is 4.74 Å². The van der Waals surface area contributed by atoms with Crippen molar-refractivity contribution in [2.45, 2.75) is 13.0 Å². The van der Waals surface area contributed by atoms with Crippen molar-refractivity contribution < 1.29 is 18.3 Å². The SMILES string of the molecule is CCNC(=NCC(c1ccc(F)cc1)N1CCOCC1)NCCNC(=O)c1ccco1. The Balaban J connectivity index is 1.58. The van der Waals surface area contributed by atoms with Crippen LogP contribution in [0, 0.1) is 5.82 Å². The predicted molar refractivity (Wildman–Crippen MR) is 117 cm³/mol. The Morgan fingerprint density at radius 1 is 1.13 bits per heavy atom. The average molecular weight is 432 g/mol. The second kappa shape index (κ2) is 12.1. The van der Waals surface area contributed by atoms with Crippen LogP contribution in [0.15, 0.2) is 52.1 Å². The topological polar surface area (TPSA) is 91.1 Å². The normalized spacial score (nSPS) is 16.0. The summed E-state index contributed by atoms with van der Waals surface area (Å²) in [5, 5.41) is 9.25. The molecule has 0 saturated carbocycles. The van der Waals surface area contributed by atoms with Gasteiger partial charge in [0, 0.05) is 32.7 Å². The van der Waals surface area contributed by atoms with E-state index in [1.165, 1.54) is 18.4 Å². The fourth-order valence-electron chi connectivity index (χ4n) is 3.38. The second-order valence-corrected chi connectivity index (χ2v) is 7.10. The fraction of sp³-hybridized carbons (Fsp3) is 0.455. The lowest BCUT2D eigenvalue weighted by Gasteiger charge is -2.34. The maximum atomic E-state index is 13.4. The lowest BCUT2D eigenvalue weighted by atomic mass is 10.0. The molecule has 0 bridgehead atoms. The lowest BCUT2D eigenvalue weighted by Crippen LogP contribution is -2.43. The highest BCUT2D eigenvalue weighted by molar-refractivity contribution is 5.91. The van der Waals surface area contributed by atoms with Crippen molar-refractivity contribution in [1.82, 2.24) is 20.9 Å². The van der Waals surface area contributed by atoms with Gasteiger partial charge in [0.1, 0.15) is 5.82 Å². The third kappa shape index (κ3) is 7.08. The number of hydrogen-bond acceptors (Lipinski definition) is 5. The average Bonchev–Trinajstić information content (AvgIpc) is 3.33. The summed E-state index contributed by atoms with van der Waals surface area (Å²) in [6.45, 7) is 7.12. The molecular formula is C22H30FN5O3. The Morgan fingerprint density at radius 2 is 1.87 bits per heavy atom. The van der Waals surface area contributed by atoms with Gasteiger partial charge < -0.3 is 25.1 Å². The van der Waals surface area contributed by atoms with Crippen molar-refractivity contribution in [2.24, 2.45) is 4.99 Å². The minimum Gasteiger partial charge on any atom is -0.459 e. The molecule has 0 radical (unpaired) electrons. The van der Waals surface area contributed by atoms with Crippen molar-refractivity contribution in [3.05, 3.63) is 59.8 Å². The molecular weight excluding hydrogens is 401 g/mol. The zero-order valence-electron chi connectivity index (χ0n) is 17.8. The maximum Gasteiger partial charge on any atom is 0.287 e. The van der Waals surface area contributed by atoms with Crippen molar-refractivity contribution >= 4 is 11.9 Å². The predicted octanol–water partition coefficient (Wildman–Crippen LogP) is 1.78. The molecule has 3 N–H and O–H groups in total. The molecule has 1 amide bonds. The van der Waals surface area contributed by atoms with Gasteiger partial charge in [0.25, 0.3) is 5.91 Å². The van der Waals surface area contributed by atoms with Crippen LogP contribution in [0.3, 0.4) is 0 Å². The highest BCUT2D eigenvalue weighted by atomic mass is 19.1. The van der Waals surface area contributed by atoms with Gasteiger partial charge in [-0.25, -0.2) is 4.39 Å². The van der Waals surface area contributed by atoms with Crippen LogP contribution < -0.4 is 16.0 Å². The third-order valence-electron chi connectivity index (χ3n) is 4.96. The van der Waals surface area contributed by atoms with Crippen molar-refractivity contribution in [2.75, 3.05) is 52.5 Å². The Morgan fingerprint density at radius 3 is 2.55 bits per heavy atom. The van der Waals surface area contributed by atoms with Crippen LogP contribution in [0.2, 0.25) is 0 Å². The molecule has 1 aromatic heterocycles. The summed E-state index contributed by atoms with van der Waals surface area (Å²) in [5.74, 6) is 0.445. The molecule has 168 valence electrons. The number of nitrogens with zero attached hydrogens (tertiary/aromatic N) is 2. The Bertz CT molecular complexity index is 820. The van der Waals surface area contributed by atoms with E-state index >= 15 is 0 Å². The number of aliphatic imine (C=N–C) groups is 1. The summed E-state index contributed by atoms with van der Waals surface area (Å²) in [5.41, 5.74) is 1.02. The van der Waals surface area contributed by atoms with E-state index in [0.717, 1.165) is 18.7 Å². The van der Waals surface area contributed by atoms with E-state index in [1.807, 2.05) is 19.1 Å². The van der Waals surface area contributed by atoms with Crippen LogP contribution in [0.1, 0.15) is 29.1 Å². The number of hydrogen-bond donors (Lipinski definition) is 3. The summed E-state index contributed by atoms with van der Waals surface area (Å²) >= 11 is 0. The number of nitrogens with one attached hydrogen (secondary N) is 3. The Hall–Kier alpha value is -2.91. The number of carbonyl (C=O) groups excluding carboxylic acids is 1. The number of furan rings is 1. The summed E-state index contributed by atoms with van der Waals surface area (Å²) in [4.78, 5) is 19.0. The van der Waals surface area contributed by atoms with Crippen LogP contribution in [0.25, 0.3) is 0 Å². The Kier molecular flexibility index (Phi) is 8.86.